The lowest BCUT2D eigenvalue weighted by Gasteiger charge is -2.23. The lowest BCUT2D eigenvalue weighted by molar-refractivity contribution is -0.126. The Morgan fingerprint density at radius 2 is 1.18 bits per heavy atom. The van der Waals surface area contributed by atoms with Gasteiger partial charge in [0.25, 0.3) is 0 Å². The molecule has 0 amide bonds. The van der Waals surface area contributed by atoms with Gasteiger partial charge in [0.2, 0.25) is 13.6 Å². The third kappa shape index (κ3) is 11.3. The molecule has 0 aliphatic carbocycles. The standard InChI is InChI=1S/C27H28O10S2/c1-18(28)21(15-38-25(32)36-16-34-23(30)19-10-6-4-7-11-19)14-22(29)27(2,3)39-26(33)37-17-35-24(31)20-12-8-5-9-13-20/h4-13,21H,14-17H2,1-3H3/t21-/m0/s1. The van der Waals surface area contributed by atoms with Crippen LogP contribution in [0.2, 0.25) is 0 Å². The molecule has 208 valence electrons. The third-order valence-electron chi connectivity index (χ3n) is 5.17. The molecule has 0 fully saturated rings. The number of thioether (sulfide) groups is 2. The number of hydrogen-bond donors (Lipinski definition) is 0. The molecule has 2 aromatic carbocycles. The molecule has 0 spiro atoms. The average molecular weight is 577 g/mol. The normalized spacial score (nSPS) is 11.6. The predicted octanol–water partition coefficient (Wildman–Crippen LogP) is 5.30. The number of carbonyl (C=O) groups is 6. The summed E-state index contributed by atoms with van der Waals surface area (Å²) in [6.07, 6.45) is -0.227. The molecule has 0 N–H and O–H groups in total. The first-order chi connectivity index (χ1) is 18.5. The highest BCUT2D eigenvalue weighted by molar-refractivity contribution is 8.15. The summed E-state index contributed by atoms with van der Waals surface area (Å²) in [4.78, 5) is 72.9. The van der Waals surface area contributed by atoms with Crippen molar-refractivity contribution < 1.29 is 47.7 Å². The van der Waals surface area contributed by atoms with E-state index in [1.807, 2.05) is 0 Å². The summed E-state index contributed by atoms with van der Waals surface area (Å²) >= 11 is 1.25. The summed E-state index contributed by atoms with van der Waals surface area (Å²) in [7, 11) is 0. The Kier molecular flexibility index (Phi) is 12.7. The average Bonchev–Trinajstić information content (AvgIpc) is 2.91. The van der Waals surface area contributed by atoms with E-state index >= 15 is 0 Å². The van der Waals surface area contributed by atoms with E-state index < -0.39 is 52.6 Å². The Morgan fingerprint density at radius 1 is 0.718 bits per heavy atom. The fourth-order valence-electron chi connectivity index (χ4n) is 2.87. The second-order valence-corrected chi connectivity index (χ2v) is 11.0. The summed E-state index contributed by atoms with van der Waals surface area (Å²) in [5.41, 5.74) is 0.593. The maximum atomic E-state index is 12.9. The fourth-order valence-corrected chi connectivity index (χ4v) is 4.41. The van der Waals surface area contributed by atoms with Crippen LogP contribution in [0, 0.1) is 5.92 Å². The highest BCUT2D eigenvalue weighted by Crippen LogP contribution is 2.30. The van der Waals surface area contributed by atoms with Gasteiger partial charge in [0.15, 0.2) is 0 Å². The first kappa shape index (κ1) is 31.6. The van der Waals surface area contributed by atoms with Crippen LogP contribution in [0.1, 0.15) is 47.9 Å². The Labute approximate surface area is 234 Å². The van der Waals surface area contributed by atoms with Gasteiger partial charge in [-0.05, 0) is 68.6 Å². The van der Waals surface area contributed by atoms with Crippen molar-refractivity contribution in [2.45, 2.75) is 31.9 Å². The van der Waals surface area contributed by atoms with Gasteiger partial charge in [0.05, 0.1) is 15.9 Å². The number of hydrogen-bond acceptors (Lipinski definition) is 12. The summed E-state index contributed by atoms with van der Waals surface area (Å²) < 4.78 is 18.3. The molecule has 0 saturated carbocycles. The van der Waals surface area contributed by atoms with Crippen LogP contribution in [-0.4, -0.2) is 58.2 Å². The van der Waals surface area contributed by atoms with Gasteiger partial charge < -0.3 is 18.9 Å². The quantitative estimate of drug-likeness (QED) is 0.226. The van der Waals surface area contributed by atoms with Crippen molar-refractivity contribution in [1.82, 2.24) is 0 Å². The van der Waals surface area contributed by atoms with Crippen LogP contribution in [-0.2, 0) is 28.5 Å². The molecular formula is C27H28O10S2. The first-order valence-electron chi connectivity index (χ1n) is 11.6. The molecule has 0 aromatic heterocycles. The van der Waals surface area contributed by atoms with Gasteiger partial charge in [-0.2, -0.15) is 0 Å². The number of ketones is 2. The van der Waals surface area contributed by atoms with Gasteiger partial charge in [0, 0.05) is 18.1 Å². The molecule has 0 heterocycles. The fraction of sp³-hybridized carbons (Fsp3) is 0.333. The molecule has 10 nitrogen and oxygen atoms in total. The third-order valence-corrected chi connectivity index (χ3v) is 7.12. The lowest BCUT2D eigenvalue weighted by Crippen LogP contribution is -2.33. The van der Waals surface area contributed by atoms with Gasteiger partial charge in [-0.3, -0.25) is 9.59 Å². The summed E-state index contributed by atoms with van der Waals surface area (Å²) in [6.45, 7) is 3.06. The van der Waals surface area contributed by atoms with E-state index in [1.54, 1.807) is 60.7 Å². The van der Waals surface area contributed by atoms with E-state index in [9.17, 15) is 28.8 Å². The molecule has 39 heavy (non-hydrogen) atoms. The second kappa shape index (κ2) is 15.7. The molecule has 0 radical (unpaired) electrons. The van der Waals surface area contributed by atoms with E-state index in [4.69, 9.17) is 18.9 Å². The highest BCUT2D eigenvalue weighted by atomic mass is 32.2. The maximum Gasteiger partial charge on any atom is 0.371 e. The summed E-state index contributed by atoms with van der Waals surface area (Å²) in [6, 6.07) is 16.3. The number of ether oxygens (including phenoxy) is 4. The van der Waals surface area contributed by atoms with Crippen molar-refractivity contribution in [3.05, 3.63) is 71.8 Å². The number of rotatable bonds is 13. The number of benzene rings is 2. The largest absolute Gasteiger partial charge is 0.424 e. The van der Waals surface area contributed by atoms with E-state index in [0.29, 0.717) is 34.7 Å². The van der Waals surface area contributed by atoms with Crippen molar-refractivity contribution in [2.75, 3.05) is 19.3 Å². The minimum Gasteiger partial charge on any atom is -0.424 e. The summed E-state index contributed by atoms with van der Waals surface area (Å²) in [5, 5.41) is -1.62. The van der Waals surface area contributed by atoms with Crippen LogP contribution in [0.4, 0.5) is 9.59 Å². The monoisotopic (exact) mass is 576 g/mol. The van der Waals surface area contributed by atoms with Gasteiger partial charge in [-0.15, -0.1) is 0 Å². The van der Waals surface area contributed by atoms with Crippen LogP contribution >= 0.6 is 23.5 Å². The molecule has 0 aliphatic rings. The second-order valence-electron chi connectivity index (χ2n) is 8.48. The van der Waals surface area contributed by atoms with Crippen LogP contribution in [0.3, 0.4) is 0 Å². The number of Topliss-reactive ketones (excluding diaryl/α,β-unsaturated/α-hetero) is 2. The Bertz CT molecular complexity index is 1170. The van der Waals surface area contributed by atoms with Crippen LogP contribution in [0.15, 0.2) is 60.7 Å². The number of carbonyl (C=O) groups excluding carboxylic acids is 6. The predicted molar refractivity (Wildman–Crippen MR) is 144 cm³/mol. The molecule has 0 aliphatic heterocycles. The zero-order valence-corrected chi connectivity index (χ0v) is 23.2. The van der Waals surface area contributed by atoms with Gasteiger partial charge >= 0.3 is 22.5 Å². The molecular weight excluding hydrogens is 548 g/mol. The SMILES string of the molecule is CC(=O)[C@H](CSC(=O)OCOC(=O)c1ccccc1)CC(=O)C(C)(C)SC(=O)OCOC(=O)c1ccccc1. The Hall–Kier alpha value is -3.64. The topological polar surface area (TPSA) is 139 Å². The van der Waals surface area contributed by atoms with E-state index in [0.717, 1.165) is 0 Å². The van der Waals surface area contributed by atoms with E-state index in [-0.39, 0.29) is 18.0 Å². The molecule has 0 saturated heterocycles. The smallest absolute Gasteiger partial charge is 0.371 e. The molecule has 12 heteroatoms. The zero-order valence-electron chi connectivity index (χ0n) is 21.6. The van der Waals surface area contributed by atoms with Crippen LogP contribution in [0.5, 0.6) is 0 Å². The van der Waals surface area contributed by atoms with Crippen molar-refractivity contribution in [3.8, 4) is 0 Å². The molecule has 1 atom stereocenters. The van der Waals surface area contributed by atoms with Gasteiger partial charge in [-0.25, -0.2) is 19.2 Å². The van der Waals surface area contributed by atoms with Crippen molar-refractivity contribution in [3.63, 3.8) is 0 Å². The lowest BCUT2D eigenvalue weighted by atomic mass is 9.94. The Balaban J connectivity index is 1.74. The number of esters is 2. The van der Waals surface area contributed by atoms with Gasteiger partial charge in [-0.1, -0.05) is 36.4 Å². The minimum absolute atomic E-state index is 0.0484. The molecule has 2 aromatic rings. The van der Waals surface area contributed by atoms with Crippen molar-refractivity contribution in [1.29, 1.82) is 0 Å². The molecule has 0 bridgehead atoms. The van der Waals surface area contributed by atoms with Crippen LogP contribution in [0.25, 0.3) is 0 Å². The van der Waals surface area contributed by atoms with Crippen molar-refractivity contribution in [2.24, 2.45) is 5.92 Å². The first-order valence-corrected chi connectivity index (χ1v) is 13.4. The molecule has 2 rings (SSSR count). The van der Waals surface area contributed by atoms with Gasteiger partial charge in [0.1, 0.15) is 11.6 Å². The molecule has 0 unspecified atom stereocenters. The summed E-state index contributed by atoms with van der Waals surface area (Å²) in [5.74, 6) is -2.93. The zero-order chi connectivity index (χ0) is 28.8. The van der Waals surface area contributed by atoms with E-state index in [1.165, 1.54) is 20.8 Å². The Morgan fingerprint density at radius 3 is 1.64 bits per heavy atom. The highest BCUT2D eigenvalue weighted by Gasteiger charge is 2.35. The van der Waals surface area contributed by atoms with Crippen LogP contribution < -0.4 is 0 Å². The minimum atomic E-state index is -1.26. The van der Waals surface area contributed by atoms with E-state index in [2.05, 4.69) is 0 Å². The van der Waals surface area contributed by atoms with Crippen molar-refractivity contribution >= 4 is 57.6 Å². The maximum absolute atomic E-state index is 12.9.